The largest absolute Gasteiger partial charge is 0.469 e. The molecule has 0 bridgehead atoms. The molecule has 1 rings (SSSR count). The number of sulfonamides is 1. The Balaban J connectivity index is 2.92. The summed E-state index contributed by atoms with van der Waals surface area (Å²) in [6.45, 7) is -0.397. The van der Waals surface area contributed by atoms with Crippen molar-refractivity contribution in [3.05, 3.63) is 29.8 Å². The molecule has 7 nitrogen and oxygen atoms in total. The van der Waals surface area contributed by atoms with E-state index in [0.717, 1.165) is 4.31 Å². The lowest BCUT2D eigenvalue weighted by molar-refractivity contribution is -0.139. The number of carbonyl (C=O) groups is 2. The van der Waals surface area contributed by atoms with Gasteiger partial charge in [0.15, 0.2) is 0 Å². The summed E-state index contributed by atoms with van der Waals surface area (Å²) in [5.74, 6) is -1.15. The van der Waals surface area contributed by atoms with Crippen LogP contribution in [0.15, 0.2) is 29.2 Å². The molecule has 0 saturated heterocycles. The van der Waals surface area contributed by atoms with Gasteiger partial charge in [0.2, 0.25) is 15.9 Å². The Kier molecular flexibility index (Phi) is 5.23. The standard InChI is InChI=1S/C12H16N2O5S/c1-14(8-11(13)15)20(17,18)10-5-3-9(4-6-10)7-12(16)19-2/h3-6H,7-8H2,1-2H3,(H2,13,15). The van der Waals surface area contributed by atoms with E-state index in [2.05, 4.69) is 4.74 Å². The molecule has 0 aliphatic heterocycles. The van der Waals surface area contributed by atoms with E-state index >= 15 is 0 Å². The van der Waals surface area contributed by atoms with E-state index in [1.807, 2.05) is 0 Å². The second-order valence-electron chi connectivity index (χ2n) is 4.12. The van der Waals surface area contributed by atoms with Gasteiger partial charge in [-0.3, -0.25) is 9.59 Å². The molecular weight excluding hydrogens is 284 g/mol. The Morgan fingerprint density at radius 1 is 1.25 bits per heavy atom. The zero-order chi connectivity index (χ0) is 15.3. The van der Waals surface area contributed by atoms with Crippen molar-refractivity contribution in [2.75, 3.05) is 20.7 Å². The van der Waals surface area contributed by atoms with E-state index in [1.165, 1.54) is 38.4 Å². The van der Waals surface area contributed by atoms with E-state index in [1.54, 1.807) is 0 Å². The number of nitrogens with zero attached hydrogens (tertiary/aromatic N) is 1. The van der Waals surface area contributed by atoms with E-state index < -0.39 is 28.4 Å². The second kappa shape index (κ2) is 6.49. The van der Waals surface area contributed by atoms with Crippen LogP contribution < -0.4 is 5.73 Å². The molecule has 1 aromatic rings. The third kappa shape index (κ3) is 4.04. The van der Waals surface area contributed by atoms with Gasteiger partial charge in [0.05, 0.1) is 25.0 Å². The number of primary amides is 1. The lowest BCUT2D eigenvalue weighted by Gasteiger charge is -2.15. The van der Waals surface area contributed by atoms with Gasteiger partial charge in [-0.25, -0.2) is 8.42 Å². The number of likely N-dealkylation sites (N-methyl/N-ethyl adjacent to an activating group) is 1. The molecule has 1 aromatic carbocycles. The molecule has 8 heteroatoms. The minimum absolute atomic E-state index is 0.0230. The van der Waals surface area contributed by atoms with Crippen molar-refractivity contribution in [2.45, 2.75) is 11.3 Å². The van der Waals surface area contributed by atoms with Gasteiger partial charge in [-0.1, -0.05) is 12.1 Å². The van der Waals surface area contributed by atoms with Crippen molar-refractivity contribution in [3.8, 4) is 0 Å². The molecule has 2 N–H and O–H groups in total. The summed E-state index contributed by atoms with van der Waals surface area (Å²) in [6, 6.07) is 5.76. The number of benzene rings is 1. The first-order chi connectivity index (χ1) is 9.27. The van der Waals surface area contributed by atoms with Crippen LogP contribution in [-0.4, -0.2) is 45.3 Å². The van der Waals surface area contributed by atoms with Gasteiger partial charge in [-0.2, -0.15) is 4.31 Å². The van der Waals surface area contributed by atoms with E-state index in [9.17, 15) is 18.0 Å². The van der Waals surface area contributed by atoms with E-state index in [0.29, 0.717) is 5.56 Å². The molecule has 0 unspecified atom stereocenters. The van der Waals surface area contributed by atoms with Crippen LogP contribution in [0, 0.1) is 0 Å². The average molecular weight is 300 g/mol. The summed E-state index contributed by atoms with van der Waals surface area (Å²) >= 11 is 0. The normalized spacial score (nSPS) is 11.3. The number of ether oxygens (including phenoxy) is 1. The number of carbonyl (C=O) groups excluding carboxylic acids is 2. The maximum absolute atomic E-state index is 12.1. The molecule has 0 aliphatic carbocycles. The summed E-state index contributed by atoms with van der Waals surface area (Å²) in [5, 5.41) is 0. The van der Waals surface area contributed by atoms with Crippen LogP contribution in [0.4, 0.5) is 0 Å². The van der Waals surface area contributed by atoms with Crippen LogP contribution in [0.5, 0.6) is 0 Å². The molecule has 0 radical (unpaired) electrons. The highest BCUT2D eigenvalue weighted by molar-refractivity contribution is 7.89. The first kappa shape index (κ1) is 16.1. The fourth-order valence-electron chi connectivity index (χ4n) is 1.50. The topological polar surface area (TPSA) is 107 Å². The zero-order valence-electron chi connectivity index (χ0n) is 11.2. The molecule has 110 valence electrons. The fourth-order valence-corrected chi connectivity index (χ4v) is 2.64. The predicted molar refractivity (Wildman–Crippen MR) is 71.2 cm³/mol. The molecule has 0 heterocycles. The van der Waals surface area contributed by atoms with Crippen LogP contribution in [0.3, 0.4) is 0 Å². The van der Waals surface area contributed by atoms with Gasteiger partial charge in [-0.05, 0) is 17.7 Å². The Bertz CT molecular complexity index is 595. The highest BCUT2D eigenvalue weighted by Gasteiger charge is 2.21. The molecule has 0 aromatic heterocycles. The quantitative estimate of drug-likeness (QED) is 0.713. The average Bonchev–Trinajstić information content (AvgIpc) is 2.38. The van der Waals surface area contributed by atoms with Crippen molar-refractivity contribution < 1.29 is 22.7 Å². The van der Waals surface area contributed by atoms with Crippen molar-refractivity contribution in [1.29, 1.82) is 0 Å². The van der Waals surface area contributed by atoms with Crippen LogP contribution >= 0.6 is 0 Å². The number of hydrogen-bond acceptors (Lipinski definition) is 5. The smallest absolute Gasteiger partial charge is 0.309 e. The molecule has 0 saturated carbocycles. The SMILES string of the molecule is COC(=O)Cc1ccc(S(=O)(=O)N(C)CC(N)=O)cc1. The maximum Gasteiger partial charge on any atom is 0.309 e. The number of hydrogen-bond donors (Lipinski definition) is 1. The first-order valence-corrected chi connectivity index (χ1v) is 7.11. The molecule has 20 heavy (non-hydrogen) atoms. The lowest BCUT2D eigenvalue weighted by atomic mass is 10.2. The van der Waals surface area contributed by atoms with Crippen LogP contribution in [-0.2, 0) is 30.8 Å². The monoisotopic (exact) mass is 300 g/mol. The molecule has 0 fully saturated rings. The number of esters is 1. The third-order valence-corrected chi connectivity index (χ3v) is 4.40. The minimum Gasteiger partial charge on any atom is -0.469 e. The predicted octanol–water partition coefficient (Wildman–Crippen LogP) is -0.492. The van der Waals surface area contributed by atoms with Gasteiger partial charge in [0.1, 0.15) is 0 Å². The van der Waals surface area contributed by atoms with E-state index in [-0.39, 0.29) is 11.3 Å². The Labute approximate surface area is 117 Å². The summed E-state index contributed by atoms with van der Waals surface area (Å²) in [6.07, 6.45) is 0.0634. The van der Waals surface area contributed by atoms with E-state index in [4.69, 9.17) is 5.73 Å². The van der Waals surface area contributed by atoms with Crippen LogP contribution in [0.25, 0.3) is 0 Å². The highest BCUT2D eigenvalue weighted by Crippen LogP contribution is 2.15. The molecule has 0 atom stereocenters. The summed E-state index contributed by atoms with van der Waals surface area (Å²) in [7, 11) is -1.22. The van der Waals surface area contributed by atoms with Crippen LogP contribution in [0.1, 0.15) is 5.56 Å². The summed E-state index contributed by atoms with van der Waals surface area (Å²) in [4.78, 5) is 21.9. The third-order valence-electron chi connectivity index (χ3n) is 2.59. The second-order valence-corrected chi connectivity index (χ2v) is 6.17. The molecule has 0 spiro atoms. The maximum atomic E-state index is 12.1. The van der Waals surface area contributed by atoms with Crippen molar-refractivity contribution in [1.82, 2.24) is 4.31 Å². The fraction of sp³-hybridized carbons (Fsp3) is 0.333. The number of nitrogens with two attached hydrogens (primary N) is 1. The minimum atomic E-state index is -3.77. The van der Waals surface area contributed by atoms with Gasteiger partial charge in [0.25, 0.3) is 0 Å². The van der Waals surface area contributed by atoms with Gasteiger partial charge in [-0.15, -0.1) is 0 Å². The Morgan fingerprint density at radius 2 is 1.80 bits per heavy atom. The zero-order valence-corrected chi connectivity index (χ0v) is 12.0. The molecular formula is C12H16N2O5S. The molecule has 1 amide bonds. The number of amides is 1. The lowest BCUT2D eigenvalue weighted by Crippen LogP contribution is -2.35. The summed E-state index contributed by atoms with van der Waals surface area (Å²) in [5.41, 5.74) is 5.60. The van der Waals surface area contributed by atoms with Gasteiger partial charge >= 0.3 is 5.97 Å². The highest BCUT2D eigenvalue weighted by atomic mass is 32.2. The number of methoxy groups -OCH3 is 1. The van der Waals surface area contributed by atoms with Gasteiger partial charge in [0, 0.05) is 7.05 Å². The summed E-state index contributed by atoms with van der Waals surface area (Å²) < 4.78 is 29.6. The van der Waals surface area contributed by atoms with Crippen molar-refractivity contribution >= 4 is 21.9 Å². The Morgan fingerprint density at radius 3 is 2.25 bits per heavy atom. The number of rotatable bonds is 6. The van der Waals surface area contributed by atoms with Crippen LogP contribution in [0.2, 0.25) is 0 Å². The van der Waals surface area contributed by atoms with Crippen molar-refractivity contribution in [3.63, 3.8) is 0 Å². The first-order valence-electron chi connectivity index (χ1n) is 5.67. The van der Waals surface area contributed by atoms with Gasteiger partial charge < -0.3 is 10.5 Å². The molecule has 0 aliphatic rings. The Hall–Kier alpha value is -1.93. The van der Waals surface area contributed by atoms with Crippen molar-refractivity contribution in [2.24, 2.45) is 5.73 Å².